The zero-order valence-corrected chi connectivity index (χ0v) is 11.1. The number of thioether (sulfide) groups is 1. The van der Waals surface area contributed by atoms with E-state index in [0.29, 0.717) is 12.1 Å². The van der Waals surface area contributed by atoms with E-state index < -0.39 is 0 Å². The molecule has 1 aromatic rings. The topological polar surface area (TPSA) is 49.3 Å². The van der Waals surface area contributed by atoms with Gasteiger partial charge in [0.15, 0.2) is 0 Å². The van der Waals surface area contributed by atoms with Gasteiger partial charge in [0.05, 0.1) is 5.56 Å². The Kier molecular flexibility index (Phi) is 5.91. The molecule has 0 aromatic heterocycles. The van der Waals surface area contributed by atoms with E-state index in [1.54, 1.807) is 18.2 Å². The van der Waals surface area contributed by atoms with Gasteiger partial charge in [-0.05, 0) is 43.9 Å². The van der Waals surface area contributed by atoms with Gasteiger partial charge in [-0.15, -0.1) is 0 Å². The number of phenolic OH excluding ortho intramolecular Hbond substituents is 1. The number of carbonyl (C=O) groups excluding carboxylic acids is 1. The molecule has 1 rings (SSSR count). The number of hydrogen-bond donors (Lipinski definition) is 2. The normalized spacial score (nSPS) is 10.2. The molecule has 4 heteroatoms. The minimum Gasteiger partial charge on any atom is -0.507 e. The van der Waals surface area contributed by atoms with Gasteiger partial charge in [0, 0.05) is 6.54 Å². The van der Waals surface area contributed by atoms with Crippen LogP contribution in [0.15, 0.2) is 18.2 Å². The second kappa shape index (κ2) is 7.22. The summed E-state index contributed by atoms with van der Waals surface area (Å²) in [5.41, 5.74) is 1.32. The standard InChI is InChI=1S/C13H19NO2S/c1-10-5-6-12(15)11(9-10)13(16)14-7-3-4-8-17-2/h5-6,9,15H,3-4,7-8H2,1-2H3,(H,14,16). The predicted octanol–water partition coefficient (Wildman–Crippen LogP) is 2.57. The van der Waals surface area contributed by atoms with E-state index >= 15 is 0 Å². The first kappa shape index (κ1) is 13.9. The van der Waals surface area contributed by atoms with Crippen molar-refractivity contribution in [1.82, 2.24) is 5.32 Å². The highest BCUT2D eigenvalue weighted by Gasteiger charge is 2.10. The average Bonchev–Trinajstić information content (AvgIpc) is 2.32. The first-order valence-corrected chi connectivity index (χ1v) is 7.11. The Morgan fingerprint density at radius 2 is 2.18 bits per heavy atom. The highest BCUT2D eigenvalue weighted by molar-refractivity contribution is 7.98. The van der Waals surface area contributed by atoms with Crippen molar-refractivity contribution < 1.29 is 9.90 Å². The molecule has 0 bridgehead atoms. The van der Waals surface area contributed by atoms with Crippen LogP contribution in [0.2, 0.25) is 0 Å². The van der Waals surface area contributed by atoms with Crippen molar-refractivity contribution in [3.8, 4) is 5.75 Å². The summed E-state index contributed by atoms with van der Waals surface area (Å²) in [6.07, 6.45) is 4.14. The maximum Gasteiger partial charge on any atom is 0.255 e. The SMILES string of the molecule is CSCCCCNC(=O)c1cc(C)ccc1O. The zero-order chi connectivity index (χ0) is 12.7. The molecule has 2 N–H and O–H groups in total. The van der Waals surface area contributed by atoms with Crippen LogP contribution in [-0.4, -0.2) is 29.6 Å². The fraction of sp³-hybridized carbons (Fsp3) is 0.462. The summed E-state index contributed by atoms with van der Waals surface area (Å²) in [5.74, 6) is 0.957. The van der Waals surface area contributed by atoms with Gasteiger partial charge < -0.3 is 10.4 Å². The average molecular weight is 253 g/mol. The first-order valence-electron chi connectivity index (χ1n) is 5.72. The predicted molar refractivity (Wildman–Crippen MR) is 72.8 cm³/mol. The fourth-order valence-corrected chi connectivity index (χ4v) is 1.99. The maximum absolute atomic E-state index is 11.8. The van der Waals surface area contributed by atoms with E-state index in [1.165, 1.54) is 0 Å². The fourth-order valence-electron chi connectivity index (χ4n) is 1.50. The minimum absolute atomic E-state index is 0.0391. The highest BCUT2D eigenvalue weighted by atomic mass is 32.2. The van der Waals surface area contributed by atoms with Crippen LogP contribution < -0.4 is 5.32 Å². The lowest BCUT2D eigenvalue weighted by molar-refractivity contribution is 0.0950. The number of phenols is 1. The third-order valence-corrected chi connectivity index (χ3v) is 3.15. The molecule has 94 valence electrons. The summed E-state index contributed by atoms with van der Waals surface area (Å²) in [6.45, 7) is 2.56. The van der Waals surface area contributed by atoms with Crippen LogP contribution in [0.1, 0.15) is 28.8 Å². The number of unbranched alkanes of at least 4 members (excludes halogenated alkanes) is 1. The van der Waals surface area contributed by atoms with Crippen LogP contribution in [0, 0.1) is 6.92 Å². The molecule has 0 atom stereocenters. The van der Waals surface area contributed by atoms with Gasteiger partial charge in [0.25, 0.3) is 5.91 Å². The van der Waals surface area contributed by atoms with E-state index in [9.17, 15) is 9.90 Å². The van der Waals surface area contributed by atoms with Crippen molar-refractivity contribution in [2.45, 2.75) is 19.8 Å². The number of carbonyl (C=O) groups is 1. The molecule has 0 spiro atoms. The van der Waals surface area contributed by atoms with Gasteiger partial charge in [-0.3, -0.25) is 4.79 Å². The molecule has 3 nitrogen and oxygen atoms in total. The number of rotatable bonds is 6. The highest BCUT2D eigenvalue weighted by Crippen LogP contribution is 2.17. The molecule has 0 saturated carbocycles. The van der Waals surface area contributed by atoms with Crippen molar-refractivity contribution in [1.29, 1.82) is 0 Å². The third-order valence-electron chi connectivity index (χ3n) is 2.46. The molecule has 0 aliphatic carbocycles. The molecule has 1 amide bonds. The second-order valence-corrected chi connectivity index (χ2v) is 4.96. The largest absolute Gasteiger partial charge is 0.507 e. The molecule has 0 radical (unpaired) electrons. The molecule has 0 fully saturated rings. The molecular weight excluding hydrogens is 234 g/mol. The molecule has 0 saturated heterocycles. The van der Waals surface area contributed by atoms with Crippen molar-refractivity contribution in [2.24, 2.45) is 0 Å². The summed E-state index contributed by atoms with van der Waals surface area (Å²) in [6, 6.07) is 5.04. The Bertz CT molecular complexity index is 380. The number of nitrogens with one attached hydrogen (secondary N) is 1. The van der Waals surface area contributed by atoms with Gasteiger partial charge >= 0.3 is 0 Å². The smallest absolute Gasteiger partial charge is 0.255 e. The van der Waals surface area contributed by atoms with Gasteiger partial charge in [-0.2, -0.15) is 11.8 Å². The molecule has 0 unspecified atom stereocenters. The van der Waals surface area contributed by atoms with Crippen LogP contribution in [0.4, 0.5) is 0 Å². The van der Waals surface area contributed by atoms with E-state index in [2.05, 4.69) is 11.6 Å². The summed E-state index contributed by atoms with van der Waals surface area (Å²) < 4.78 is 0. The van der Waals surface area contributed by atoms with Crippen molar-refractivity contribution in [3.05, 3.63) is 29.3 Å². The quantitative estimate of drug-likeness (QED) is 0.766. The van der Waals surface area contributed by atoms with Crippen LogP contribution in [0.5, 0.6) is 5.75 Å². The Labute approximate surface area is 107 Å². The number of benzene rings is 1. The Morgan fingerprint density at radius 1 is 1.41 bits per heavy atom. The monoisotopic (exact) mass is 253 g/mol. The number of hydrogen-bond acceptors (Lipinski definition) is 3. The van der Waals surface area contributed by atoms with E-state index in [0.717, 1.165) is 24.2 Å². The lowest BCUT2D eigenvalue weighted by atomic mass is 10.1. The first-order chi connectivity index (χ1) is 8.15. The molecule has 0 aliphatic heterocycles. The summed E-state index contributed by atoms with van der Waals surface area (Å²) in [4.78, 5) is 11.8. The van der Waals surface area contributed by atoms with Gasteiger partial charge in [-0.1, -0.05) is 11.6 Å². The third kappa shape index (κ3) is 4.69. The molecular formula is C13H19NO2S. The Morgan fingerprint density at radius 3 is 2.88 bits per heavy atom. The summed E-state index contributed by atoms with van der Waals surface area (Å²) >= 11 is 1.81. The lowest BCUT2D eigenvalue weighted by Crippen LogP contribution is -2.24. The van der Waals surface area contributed by atoms with Gasteiger partial charge in [0.2, 0.25) is 0 Å². The maximum atomic E-state index is 11.8. The number of amides is 1. The molecule has 0 aliphatic rings. The Balaban J connectivity index is 2.44. The van der Waals surface area contributed by atoms with E-state index in [-0.39, 0.29) is 11.7 Å². The Hall–Kier alpha value is -1.16. The number of aromatic hydroxyl groups is 1. The molecule has 0 heterocycles. The summed E-state index contributed by atoms with van der Waals surface area (Å²) in [5, 5.41) is 12.4. The minimum atomic E-state index is -0.199. The van der Waals surface area contributed by atoms with Crippen LogP contribution in [0.3, 0.4) is 0 Å². The van der Waals surface area contributed by atoms with Crippen LogP contribution in [-0.2, 0) is 0 Å². The van der Waals surface area contributed by atoms with Crippen molar-refractivity contribution in [3.63, 3.8) is 0 Å². The lowest BCUT2D eigenvalue weighted by Gasteiger charge is -2.07. The second-order valence-electron chi connectivity index (χ2n) is 3.98. The molecule has 1 aromatic carbocycles. The van der Waals surface area contributed by atoms with Gasteiger partial charge in [-0.25, -0.2) is 0 Å². The zero-order valence-electron chi connectivity index (χ0n) is 10.3. The van der Waals surface area contributed by atoms with Crippen LogP contribution in [0.25, 0.3) is 0 Å². The molecule has 17 heavy (non-hydrogen) atoms. The number of aryl methyl sites for hydroxylation is 1. The van der Waals surface area contributed by atoms with Crippen molar-refractivity contribution in [2.75, 3.05) is 18.6 Å². The van der Waals surface area contributed by atoms with Crippen molar-refractivity contribution >= 4 is 17.7 Å². The van der Waals surface area contributed by atoms with Gasteiger partial charge in [0.1, 0.15) is 5.75 Å². The van der Waals surface area contributed by atoms with Crippen LogP contribution >= 0.6 is 11.8 Å². The van der Waals surface area contributed by atoms with E-state index in [4.69, 9.17) is 0 Å². The van der Waals surface area contributed by atoms with E-state index in [1.807, 2.05) is 18.7 Å². The summed E-state index contributed by atoms with van der Waals surface area (Å²) in [7, 11) is 0.